The van der Waals surface area contributed by atoms with E-state index in [4.69, 9.17) is 9.47 Å². The average Bonchev–Trinajstić information content (AvgIpc) is 3.22. The Morgan fingerprint density at radius 3 is 2.78 bits per heavy atom. The van der Waals surface area contributed by atoms with E-state index < -0.39 is 0 Å². The standard InChI is InChI=1S/C26H25N3O3/c1-4-32-23-11-9-19(14-24(23)31-3)10-13-26(30)27-21-7-5-6-20(15-21)22-17-29-16-18(2)8-12-25(29)28-22/h5-17H,4H2,1-3H3,(H,27,30)/b13-10+. The van der Waals surface area contributed by atoms with Gasteiger partial charge in [-0.25, -0.2) is 4.98 Å². The minimum absolute atomic E-state index is 0.222. The maximum atomic E-state index is 12.5. The van der Waals surface area contributed by atoms with Gasteiger partial charge in [-0.2, -0.15) is 0 Å². The van der Waals surface area contributed by atoms with E-state index in [0.717, 1.165) is 22.5 Å². The molecule has 0 bridgehead atoms. The van der Waals surface area contributed by atoms with Crippen molar-refractivity contribution in [3.8, 4) is 22.8 Å². The van der Waals surface area contributed by atoms with Crippen molar-refractivity contribution in [3.63, 3.8) is 0 Å². The number of benzene rings is 2. The summed E-state index contributed by atoms with van der Waals surface area (Å²) in [6, 6.07) is 17.2. The Labute approximate surface area is 187 Å². The summed E-state index contributed by atoms with van der Waals surface area (Å²) < 4.78 is 12.9. The molecule has 0 saturated carbocycles. The van der Waals surface area contributed by atoms with Gasteiger partial charge in [0.05, 0.1) is 19.4 Å². The van der Waals surface area contributed by atoms with Crippen LogP contribution in [0.2, 0.25) is 0 Å². The van der Waals surface area contributed by atoms with Crippen molar-refractivity contribution >= 4 is 23.3 Å². The van der Waals surface area contributed by atoms with Crippen LogP contribution in [-0.4, -0.2) is 29.0 Å². The fourth-order valence-corrected chi connectivity index (χ4v) is 3.42. The second-order valence-electron chi connectivity index (χ2n) is 7.34. The highest BCUT2D eigenvalue weighted by molar-refractivity contribution is 6.02. The molecule has 0 unspecified atom stereocenters. The quantitative estimate of drug-likeness (QED) is 0.403. The molecule has 2 heterocycles. The Hall–Kier alpha value is -4.06. The molecule has 6 nitrogen and oxygen atoms in total. The van der Waals surface area contributed by atoms with Crippen molar-refractivity contribution in [2.75, 3.05) is 19.0 Å². The van der Waals surface area contributed by atoms with Crippen molar-refractivity contribution in [2.45, 2.75) is 13.8 Å². The lowest BCUT2D eigenvalue weighted by molar-refractivity contribution is -0.111. The Balaban J connectivity index is 1.48. The number of ether oxygens (including phenoxy) is 2. The van der Waals surface area contributed by atoms with Gasteiger partial charge in [-0.05, 0) is 61.4 Å². The molecule has 1 amide bonds. The molecular formula is C26H25N3O3. The number of rotatable bonds is 7. The Bertz CT molecular complexity index is 1290. The van der Waals surface area contributed by atoms with Crippen LogP contribution in [0.25, 0.3) is 23.0 Å². The summed E-state index contributed by atoms with van der Waals surface area (Å²) >= 11 is 0. The number of nitrogens with one attached hydrogen (secondary N) is 1. The molecule has 0 spiro atoms. The summed E-state index contributed by atoms with van der Waals surface area (Å²) in [5.74, 6) is 1.08. The SMILES string of the molecule is CCOc1ccc(/C=C/C(=O)Nc2cccc(-c3cn4cc(C)ccc4n3)c2)cc1OC. The number of pyridine rings is 1. The lowest BCUT2D eigenvalue weighted by Gasteiger charge is -2.09. The van der Waals surface area contributed by atoms with Crippen molar-refractivity contribution in [3.05, 3.63) is 84.2 Å². The van der Waals surface area contributed by atoms with Gasteiger partial charge in [0.25, 0.3) is 0 Å². The number of imidazole rings is 1. The Morgan fingerprint density at radius 1 is 1.09 bits per heavy atom. The topological polar surface area (TPSA) is 64.9 Å². The summed E-state index contributed by atoms with van der Waals surface area (Å²) in [5, 5.41) is 2.91. The van der Waals surface area contributed by atoms with Gasteiger partial charge in [0, 0.05) is 29.7 Å². The first kappa shape index (κ1) is 21.2. The highest BCUT2D eigenvalue weighted by Gasteiger charge is 2.07. The molecule has 0 aliphatic rings. The number of methoxy groups -OCH3 is 1. The molecule has 2 aromatic carbocycles. The van der Waals surface area contributed by atoms with E-state index in [2.05, 4.69) is 10.3 Å². The molecule has 0 radical (unpaired) electrons. The number of amides is 1. The zero-order valence-electron chi connectivity index (χ0n) is 18.3. The smallest absolute Gasteiger partial charge is 0.248 e. The van der Waals surface area contributed by atoms with Crippen molar-refractivity contribution in [1.82, 2.24) is 9.38 Å². The third-order valence-electron chi connectivity index (χ3n) is 4.94. The normalized spacial score (nSPS) is 11.1. The van der Waals surface area contributed by atoms with Crippen molar-refractivity contribution in [1.29, 1.82) is 0 Å². The van der Waals surface area contributed by atoms with Crippen LogP contribution in [0.3, 0.4) is 0 Å². The molecule has 0 fully saturated rings. The van der Waals surface area contributed by atoms with Gasteiger partial charge in [0.1, 0.15) is 5.65 Å². The lowest BCUT2D eigenvalue weighted by Crippen LogP contribution is -2.07. The van der Waals surface area contributed by atoms with Gasteiger partial charge in [-0.15, -0.1) is 0 Å². The highest BCUT2D eigenvalue weighted by Crippen LogP contribution is 2.28. The van der Waals surface area contributed by atoms with Gasteiger partial charge in [-0.3, -0.25) is 4.79 Å². The first-order valence-electron chi connectivity index (χ1n) is 10.4. The maximum absolute atomic E-state index is 12.5. The second kappa shape index (κ2) is 9.39. The number of hydrogen-bond acceptors (Lipinski definition) is 4. The van der Waals surface area contributed by atoms with Gasteiger partial charge in [0.2, 0.25) is 5.91 Å². The largest absolute Gasteiger partial charge is 0.493 e. The third-order valence-corrected chi connectivity index (χ3v) is 4.94. The third kappa shape index (κ3) is 4.81. The molecule has 6 heteroatoms. The predicted octanol–water partition coefficient (Wildman–Crippen LogP) is 5.37. The molecule has 2 aromatic heterocycles. The van der Waals surface area contributed by atoms with E-state index in [1.807, 2.05) is 85.2 Å². The molecule has 0 atom stereocenters. The zero-order chi connectivity index (χ0) is 22.5. The van der Waals surface area contributed by atoms with E-state index in [0.29, 0.717) is 23.8 Å². The van der Waals surface area contributed by atoms with E-state index in [9.17, 15) is 4.79 Å². The molecule has 1 N–H and O–H groups in total. The maximum Gasteiger partial charge on any atom is 0.248 e. The highest BCUT2D eigenvalue weighted by atomic mass is 16.5. The van der Waals surface area contributed by atoms with Crippen LogP contribution in [-0.2, 0) is 4.79 Å². The van der Waals surface area contributed by atoms with Crippen LogP contribution >= 0.6 is 0 Å². The van der Waals surface area contributed by atoms with Crippen LogP contribution in [0.5, 0.6) is 11.5 Å². The van der Waals surface area contributed by atoms with Gasteiger partial charge < -0.3 is 19.2 Å². The number of carbonyl (C=O) groups is 1. The zero-order valence-corrected chi connectivity index (χ0v) is 18.3. The van der Waals surface area contributed by atoms with Crippen molar-refractivity contribution < 1.29 is 14.3 Å². The monoisotopic (exact) mass is 427 g/mol. The van der Waals surface area contributed by atoms with Crippen LogP contribution in [0.15, 0.2) is 73.1 Å². The minimum atomic E-state index is -0.222. The van der Waals surface area contributed by atoms with Crippen LogP contribution in [0.4, 0.5) is 5.69 Å². The molecule has 162 valence electrons. The average molecular weight is 428 g/mol. The van der Waals surface area contributed by atoms with E-state index in [-0.39, 0.29) is 5.91 Å². The van der Waals surface area contributed by atoms with Gasteiger partial charge in [0.15, 0.2) is 11.5 Å². The first-order chi connectivity index (χ1) is 15.6. The van der Waals surface area contributed by atoms with E-state index in [1.165, 1.54) is 11.6 Å². The number of fused-ring (bicyclic) bond motifs is 1. The Morgan fingerprint density at radius 2 is 1.97 bits per heavy atom. The minimum Gasteiger partial charge on any atom is -0.493 e. The number of aryl methyl sites for hydroxylation is 1. The lowest BCUT2D eigenvalue weighted by atomic mass is 10.1. The molecule has 4 rings (SSSR count). The fraction of sp³-hybridized carbons (Fsp3) is 0.154. The number of aromatic nitrogens is 2. The predicted molar refractivity (Wildman–Crippen MR) is 127 cm³/mol. The molecule has 0 saturated heterocycles. The number of anilines is 1. The van der Waals surface area contributed by atoms with Crippen LogP contribution in [0.1, 0.15) is 18.1 Å². The number of hydrogen-bond donors (Lipinski definition) is 1. The van der Waals surface area contributed by atoms with Gasteiger partial charge >= 0.3 is 0 Å². The Kier molecular flexibility index (Phi) is 6.22. The molecule has 0 aliphatic heterocycles. The summed E-state index contributed by atoms with van der Waals surface area (Å²) in [5.41, 5.74) is 5.38. The second-order valence-corrected chi connectivity index (χ2v) is 7.34. The van der Waals surface area contributed by atoms with Crippen LogP contribution < -0.4 is 14.8 Å². The number of nitrogens with zero attached hydrogens (tertiary/aromatic N) is 2. The van der Waals surface area contributed by atoms with Gasteiger partial charge in [-0.1, -0.05) is 24.3 Å². The molecular weight excluding hydrogens is 402 g/mol. The summed E-state index contributed by atoms with van der Waals surface area (Å²) in [4.78, 5) is 17.1. The summed E-state index contributed by atoms with van der Waals surface area (Å²) in [6.45, 7) is 4.52. The summed E-state index contributed by atoms with van der Waals surface area (Å²) in [7, 11) is 1.59. The van der Waals surface area contributed by atoms with E-state index in [1.54, 1.807) is 13.2 Å². The molecule has 4 aromatic rings. The van der Waals surface area contributed by atoms with E-state index >= 15 is 0 Å². The fourth-order valence-electron chi connectivity index (χ4n) is 3.42. The molecule has 0 aliphatic carbocycles. The number of carbonyl (C=O) groups excluding carboxylic acids is 1. The van der Waals surface area contributed by atoms with Crippen LogP contribution in [0, 0.1) is 6.92 Å². The first-order valence-corrected chi connectivity index (χ1v) is 10.4. The summed E-state index contributed by atoms with van der Waals surface area (Å²) in [6.07, 6.45) is 7.26. The van der Waals surface area contributed by atoms with Crippen molar-refractivity contribution in [2.24, 2.45) is 0 Å². The molecule has 32 heavy (non-hydrogen) atoms.